The van der Waals surface area contributed by atoms with Gasteiger partial charge in [0.15, 0.2) is 10.4 Å². The number of rotatable bonds is 4. The lowest BCUT2D eigenvalue weighted by molar-refractivity contribution is 0.101. The lowest BCUT2D eigenvalue weighted by Crippen LogP contribution is -2.00. The topological polar surface area (TPSA) is 39.4 Å². The first-order valence-corrected chi connectivity index (χ1v) is 6.92. The Hall–Kier alpha value is -1.07. The van der Waals surface area contributed by atoms with Crippen LogP contribution in [-0.4, -0.2) is 12.4 Å². The van der Waals surface area contributed by atoms with Gasteiger partial charge in [-0.15, -0.1) is 0 Å². The number of carbonyl (C=O) groups excluding carboxylic acids is 1. The number of hydrogen-bond acceptors (Lipinski definition) is 3. The first-order valence-electron chi connectivity index (χ1n) is 5.34. The van der Waals surface area contributed by atoms with Gasteiger partial charge in [0.1, 0.15) is 5.75 Å². The van der Waals surface area contributed by atoms with Gasteiger partial charge in [-0.25, -0.2) is 0 Å². The molecule has 0 amide bonds. The van der Waals surface area contributed by atoms with Crippen molar-refractivity contribution in [3.05, 3.63) is 50.8 Å². The highest BCUT2D eigenvalue weighted by Gasteiger charge is 2.14. The molecule has 0 radical (unpaired) electrons. The van der Waals surface area contributed by atoms with Crippen molar-refractivity contribution in [2.75, 3.05) is 6.61 Å². The van der Waals surface area contributed by atoms with Gasteiger partial charge < -0.3 is 9.15 Å². The van der Waals surface area contributed by atoms with Crippen LogP contribution in [0.15, 0.2) is 43.9 Å². The fourth-order valence-electron chi connectivity index (χ4n) is 1.49. The number of benzene rings is 1. The number of hydrogen-bond donors (Lipinski definition) is 0. The van der Waals surface area contributed by atoms with Crippen molar-refractivity contribution in [1.29, 1.82) is 0 Å². The lowest BCUT2D eigenvalue weighted by atomic mass is 10.1. The van der Waals surface area contributed by atoms with E-state index in [0.717, 1.165) is 10.2 Å². The summed E-state index contributed by atoms with van der Waals surface area (Å²) in [5.41, 5.74) is 0.548. The molecule has 94 valence electrons. The molecule has 0 aliphatic carbocycles. The second kappa shape index (κ2) is 5.71. The summed E-state index contributed by atoms with van der Waals surface area (Å²) in [5, 5.41) is 0. The standard InChI is InChI=1S/C13H10Br2O3/c1-2-17-10-4-3-8(7-9(10)14)13(16)11-5-6-12(15)18-11/h3-7H,2H2,1H3. The molecule has 3 nitrogen and oxygen atoms in total. The van der Waals surface area contributed by atoms with Gasteiger partial charge in [0.2, 0.25) is 5.78 Å². The smallest absolute Gasteiger partial charge is 0.228 e. The van der Waals surface area contributed by atoms with Crippen LogP contribution in [0, 0.1) is 0 Å². The Bertz CT molecular complexity index is 575. The number of ether oxygens (including phenoxy) is 1. The normalized spacial score (nSPS) is 10.4. The molecular weight excluding hydrogens is 364 g/mol. The average Bonchev–Trinajstić information content (AvgIpc) is 2.78. The van der Waals surface area contributed by atoms with Gasteiger partial charge >= 0.3 is 0 Å². The van der Waals surface area contributed by atoms with Crippen LogP contribution in [-0.2, 0) is 0 Å². The first kappa shape index (κ1) is 13.4. The number of carbonyl (C=O) groups is 1. The zero-order valence-corrected chi connectivity index (χ0v) is 12.7. The highest BCUT2D eigenvalue weighted by Crippen LogP contribution is 2.27. The molecule has 2 rings (SSSR count). The molecule has 0 atom stereocenters. The van der Waals surface area contributed by atoms with Crippen molar-refractivity contribution in [3.63, 3.8) is 0 Å². The summed E-state index contributed by atoms with van der Waals surface area (Å²) in [6, 6.07) is 8.53. The van der Waals surface area contributed by atoms with Crippen molar-refractivity contribution in [2.45, 2.75) is 6.92 Å². The molecule has 0 N–H and O–H groups in total. The van der Waals surface area contributed by atoms with Crippen molar-refractivity contribution < 1.29 is 13.9 Å². The molecule has 0 aliphatic heterocycles. The summed E-state index contributed by atoms with van der Waals surface area (Å²) in [5.74, 6) is 0.858. The summed E-state index contributed by atoms with van der Waals surface area (Å²) in [6.45, 7) is 2.49. The van der Waals surface area contributed by atoms with E-state index >= 15 is 0 Å². The monoisotopic (exact) mass is 372 g/mol. The fraction of sp³-hybridized carbons (Fsp3) is 0.154. The van der Waals surface area contributed by atoms with E-state index in [1.54, 1.807) is 30.3 Å². The van der Waals surface area contributed by atoms with E-state index in [1.165, 1.54) is 0 Å². The van der Waals surface area contributed by atoms with Crippen LogP contribution in [0.25, 0.3) is 0 Å². The minimum Gasteiger partial charge on any atom is -0.493 e. The maximum atomic E-state index is 12.1. The van der Waals surface area contributed by atoms with E-state index in [2.05, 4.69) is 31.9 Å². The third kappa shape index (κ3) is 2.84. The molecule has 1 heterocycles. The molecular formula is C13H10Br2O3. The predicted molar refractivity (Wildman–Crippen MR) is 75.2 cm³/mol. The van der Waals surface area contributed by atoms with Gasteiger partial charge in [0.25, 0.3) is 0 Å². The molecule has 0 saturated heterocycles. The molecule has 2 aromatic rings. The van der Waals surface area contributed by atoms with E-state index in [9.17, 15) is 4.79 Å². The van der Waals surface area contributed by atoms with Gasteiger partial charge in [-0.1, -0.05) is 0 Å². The summed E-state index contributed by atoms with van der Waals surface area (Å²) in [4.78, 5) is 12.1. The van der Waals surface area contributed by atoms with Gasteiger partial charge in [0, 0.05) is 5.56 Å². The van der Waals surface area contributed by atoms with E-state index < -0.39 is 0 Å². The summed E-state index contributed by atoms with van der Waals surface area (Å²) in [7, 11) is 0. The van der Waals surface area contributed by atoms with Gasteiger partial charge in [-0.3, -0.25) is 4.79 Å². The van der Waals surface area contributed by atoms with Crippen LogP contribution in [0.5, 0.6) is 5.75 Å². The summed E-state index contributed by atoms with van der Waals surface area (Å²) >= 11 is 6.55. The fourth-order valence-corrected chi connectivity index (χ4v) is 2.29. The average molecular weight is 374 g/mol. The van der Waals surface area contributed by atoms with E-state index in [0.29, 0.717) is 22.6 Å². The molecule has 1 aromatic heterocycles. The van der Waals surface area contributed by atoms with Gasteiger partial charge in [0.05, 0.1) is 11.1 Å². The van der Waals surface area contributed by atoms with Crippen LogP contribution in [0.3, 0.4) is 0 Å². The Balaban J connectivity index is 2.29. The van der Waals surface area contributed by atoms with Gasteiger partial charge in [-0.2, -0.15) is 0 Å². The molecule has 0 bridgehead atoms. The molecule has 0 spiro atoms. The third-order valence-corrected chi connectivity index (χ3v) is 3.34. The Morgan fingerprint density at radius 2 is 2.06 bits per heavy atom. The highest BCUT2D eigenvalue weighted by atomic mass is 79.9. The summed E-state index contributed by atoms with van der Waals surface area (Å²) < 4.78 is 11.9. The molecule has 0 fully saturated rings. The zero-order chi connectivity index (χ0) is 13.1. The van der Waals surface area contributed by atoms with E-state index in [4.69, 9.17) is 9.15 Å². The van der Waals surface area contributed by atoms with Crippen molar-refractivity contribution >= 4 is 37.6 Å². The minimum atomic E-state index is -0.163. The van der Waals surface area contributed by atoms with Crippen molar-refractivity contribution in [3.8, 4) is 5.75 Å². The number of furan rings is 1. The highest BCUT2D eigenvalue weighted by molar-refractivity contribution is 9.10. The molecule has 0 aliphatic rings. The maximum Gasteiger partial charge on any atom is 0.228 e. The molecule has 1 aromatic carbocycles. The maximum absolute atomic E-state index is 12.1. The Morgan fingerprint density at radius 3 is 2.61 bits per heavy atom. The van der Waals surface area contributed by atoms with Crippen molar-refractivity contribution in [2.24, 2.45) is 0 Å². The van der Waals surface area contributed by atoms with E-state index in [-0.39, 0.29) is 5.78 Å². The van der Waals surface area contributed by atoms with Crippen LogP contribution >= 0.6 is 31.9 Å². The van der Waals surface area contributed by atoms with Crippen LogP contribution < -0.4 is 4.74 Å². The van der Waals surface area contributed by atoms with Crippen LogP contribution in [0.2, 0.25) is 0 Å². The zero-order valence-electron chi connectivity index (χ0n) is 9.57. The molecule has 0 unspecified atom stereocenters. The molecule has 0 saturated carbocycles. The molecule has 18 heavy (non-hydrogen) atoms. The van der Waals surface area contributed by atoms with Crippen LogP contribution in [0.1, 0.15) is 23.0 Å². The SMILES string of the molecule is CCOc1ccc(C(=O)c2ccc(Br)o2)cc1Br. The number of halogens is 2. The lowest BCUT2D eigenvalue weighted by Gasteiger charge is -2.06. The Kier molecular flexibility index (Phi) is 4.24. The Morgan fingerprint density at radius 1 is 1.28 bits per heavy atom. The first-order chi connectivity index (χ1) is 8.61. The predicted octanol–water partition coefficient (Wildman–Crippen LogP) is 4.43. The minimum absolute atomic E-state index is 0.163. The largest absolute Gasteiger partial charge is 0.493 e. The summed E-state index contributed by atoms with van der Waals surface area (Å²) in [6.07, 6.45) is 0. The Labute approximate surface area is 121 Å². The van der Waals surface area contributed by atoms with E-state index in [1.807, 2.05) is 6.92 Å². The van der Waals surface area contributed by atoms with Crippen molar-refractivity contribution in [1.82, 2.24) is 0 Å². The number of ketones is 1. The second-order valence-electron chi connectivity index (χ2n) is 3.51. The van der Waals surface area contributed by atoms with Crippen LogP contribution in [0.4, 0.5) is 0 Å². The second-order valence-corrected chi connectivity index (χ2v) is 5.15. The van der Waals surface area contributed by atoms with Gasteiger partial charge in [-0.05, 0) is 69.1 Å². The third-order valence-electron chi connectivity index (χ3n) is 2.29. The quantitative estimate of drug-likeness (QED) is 0.744. The molecule has 5 heteroatoms.